The molecule has 0 spiro atoms. The van der Waals surface area contributed by atoms with E-state index in [-0.39, 0.29) is 84.8 Å². The second-order valence-electron chi connectivity index (χ2n) is 16.3. The molecular formula is C45H73N5O24. The van der Waals surface area contributed by atoms with E-state index in [1.165, 1.54) is 34.6 Å². The van der Waals surface area contributed by atoms with Crippen molar-refractivity contribution < 1.29 is 115 Å². The third kappa shape index (κ3) is 32.6. The minimum absolute atomic E-state index is 0.00447. The van der Waals surface area contributed by atoms with Crippen molar-refractivity contribution in [3.8, 4) is 0 Å². The van der Waals surface area contributed by atoms with Crippen LogP contribution in [0.15, 0.2) is 0 Å². The van der Waals surface area contributed by atoms with E-state index in [0.717, 1.165) is 20.8 Å². The van der Waals surface area contributed by atoms with Crippen molar-refractivity contribution in [2.75, 3.05) is 79.0 Å². The summed E-state index contributed by atoms with van der Waals surface area (Å²) in [6.07, 6.45) is -11.1. The summed E-state index contributed by atoms with van der Waals surface area (Å²) in [4.78, 5) is 131. The molecule has 1 aliphatic heterocycles. The average Bonchev–Trinajstić information content (AvgIpc) is 3.45. The van der Waals surface area contributed by atoms with Crippen LogP contribution in [-0.2, 0) is 100.0 Å². The molecule has 0 aliphatic carbocycles. The zero-order valence-electron chi connectivity index (χ0n) is 43.1. The van der Waals surface area contributed by atoms with Crippen molar-refractivity contribution in [3.05, 3.63) is 0 Å². The first-order valence-corrected chi connectivity index (χ1v) is 23.7. The molecule has 74 heavy (non-hydrogen) atoms. The standard InChI is InChI=1S/C45H73N5O24/c1-26(70-30(5)54)42(72-32(7)56)38(25-66-29(4)53)74-41(20-50-27(2)51)64-18-10-14-47-40(60)12-16-49-45(62)69-22-34(58)21-68-44(61)48-15-11-39(59)46-13-9-17-63-35-19-36(71-31(6)55)43(73-33(8)57)37(67-23-35)24-65-28(3)52/h26,34-38,41-43,58H,9-25H2,1-8H3,(H,46,59)(H,47,60)(H,48,61)(H,49,62)(H,50,51)/t26-,34?,35?,36?,37-,38-,41-,42-,43-/m1/s1. The minimum Gasteiger partial charge on any atom is -0.463 e. The van der Waals surface area contributed by atoms with Crippen molar-refractivity contribution in [3.63, 3.8) is 0 Å². The van der Waals surface area contributed by atoms with Gasteiger partial charge in [0.25, 0.3) is 0 Å². The maximum Gasteiger partial charge on any atom is 0.407 e. The van der Waals surface area contributed by atoms with Gasteiger partial charge in [0.2, 0.25) is 17.7 Å². The highest BCUT2D eigenvalue weighted by Gasteiger charge is 2.41. The molecule has 29 nitrogen and oxygen atoms in total. The number of aliphatic hydroxyl groups excluding tert-OH is 1. The number of carbonyl (C=O) groups is 11. The number of rotatable bonds is 34. The van der Waals surface area contributed by atoms with Crippen molar-refractivity contribution in [1.82, 2.24) is 26.6 Å². The lowest BCUT2D eigenvalue weighted by Crippen LogP contribution is -2.49. The number of amides is 5. The molecule has 1 rings (SSSR count). The molecule has 5 amide bonds. The van der Waals surface area contributed by atoms with Gasteiger partial charge in [0.05, 0.1) is 25.9 Å². The van der Waals surface area contributed by atoms with Gasteiger partial charge in [-0.05, 0) is 19.8 Å². The van der Waals surface area contributed by atoms with E-state index in [2.05, 4.69) is 26.6 Å². The summed E-state index contributed by atoms with van der Waals surface area (Å²) >= 11 is 0. The fourth-order valence-corrected chi connectivity index (χ4v) is 6.42. The average molecular weight is 1070 g/mol. The quantitative estimate of drug-likeness (QED) is 0.0185. The Morgan fingerprint density at radius 3 is 1.68 bits per heavy atom. The van der Waals surface area contributed by atoms with Gasteiger partial charge in [-0.3, -0.25) is 43.2 Å². The molecule has 0 bridgehead atoms. The second kappa shape index (κ2) is 37.3. The van der Waals surface area contributed by atoms with Crippen molar-refractivity contribution >= 4 is 65.7 Å². The molecule has 1 fully saturated rings. The van der Waals surface area contributed by atoms with Crippen LogP contribution in [-0.4, -0.2) is 205 Å². The predicted octanol–water partition coefficient (Wildman–Crippen LogP) is -1.50. The van der Waals surface area contributed by atoms with Gasteiger partial charge in [0.1, 0.15) is 56.9 Å². The molecule has 1 aliphatic rings. The van der Waals surface area contributed by atoms with Crippen LogP contribution in [0.3, 0.4) is 0 Å². The maximum absolute atomic E-state index is 12.3. The fraction of sp³-hybridized carbons (Fsp3) is 0.756. The van der Waals surface area contributed by atoms with Crippen LogP contribution in [0, 0.1) is 0 Å². The summed E-state index contributed by atoms with van der Waals surface area (Å²) in [6, 6.07) is 0. The van der Waals surface area contributed by atoms with Crippen molar-refractivity contribution in [2.24, 2.45) is 0 Å². The minimum atomic E-state index is -1.40. The van der Waals surface area contributed by atoms with Gasteiger partial charge in [0, 0.05) is 101 Å². The Labute approximate surface area is 427 Å². The molecule has 0 radical (unpaired) electrons. The maximum atomic E-state index is 12.3. The monoisotopic (exact) mass is 1070 g/mol. The van der Waals surface area contributed by atoms with Gasteiger partial charge < -0.3 is 88.5 Å². The summed E-state index contributed by atoms with van der Waals surface area (Å²) < 4.78 is 64.6. The Morgan fingerprint density at radius 1 is 0.608 bits per heavy atom. The zero-order chi connectivity index (χ0) is 55.6. The van der Waals surface area contributed by atoms with Gasteiger partial charge >= 0.3 is 48.0 Å². The van der Waals surface area contributed by atoms with E-state index in [9.17, 15) is 57.8 Å². The van der Waals surface area contributed by atoms with Crippen molar-refractivity contribution in [1.29, 1.82) is 0 Å². The molecule has 1 heterocycles. The number of carbonyl (C=O) groups excluding carboxylic acids is 11. The van der Waals surface area contributed by atoms with E-state index < -0.39 is 141 Å². The van der Waals surface area contributed by atoms with Crippen LogP contribution >= 0.6 is 0 Å². The summed E-state index contributed by atoms with van der Waals surface area (Å²) in [6.45, 7) is 7.93. The highest BCUT2D eigenvalue weighted by molar-refractivity contribution is 5.77. The molecule has 0 saturated carbocycles. The van der Waals surface area contributed by atoms with Crippen LogP contribution in [0.2, 0.25) is 0 Å². The van der Waals surface area contributed by atoms with Crippen LogP contribution < -0.4 is 26.6 Å². The third-order valence-corrected chi connectivity index (χ3v) is 9.57. The molecule has 9 atom stereocenters. The van der Waals surface area contributed by atoms with Crippen LogP contribution in [0.5, 0.6) is 0 Å². The fourth-order valence-electron chi connectivity index (χ4n) is 6.42. The van der Waals surface area contributed by atoms with Crippen LogP contribution in [0.25, 0.3) is 0 Å². The Bertz CT molecular complexity index is 1820. The Morgan fingerprint density at radius 2 is 1.16 bits per heavy atom. The molecule has 0 aromatic rings. The molecule has 6 N–H and O–H groups in total. The van der Waals surface area contributed by atoms with Gasteiger partial charge in [0.15, 0.2) is 18.5 Å². The Hall–Kier alpha value is -6.43. The predicted molar refractivity (Wildman–Crippen MR) is 248 cm³/mol. The second-order valence-corrected chi connectivity index (χ2v) is 16.3. The number of alkyl carbamates (subject to hydrolysis) is 2. The third-order valence-electron chi connectivity index (χ3n) is 9.57. The van der Waals surface area contributed by atoms with E-state index in [0.29, 0.717) is 6.42 Å². The molecule has 1 saturated heterocycles. The van der Waals surface area contributed by atoms with E-state index in [1.807, 2.05) is 0 Å². The van der Waals surface area contributed by atoms with Gasteiger partial charge in [-0.15, -0.1) is 0 Å². The number of hydrogen-bond donors (Lipinski definition) is 6. The first kappa shape index (κ1) is 65.6. The first-order valence-electron chi connectivity index (χ1n) is 23.7. The molecule has 0 aromatic carbocycles. The zero-order valence-corrected chi connectivity index (χ0v) is 43.1. The van der Waals surface area contributed by atoms with Crippen molar-refractivity contribution in [2.45, 2.75) is 143 Å². The van der Waals surface area contributed by atoms with E-state index >= 15 is 0 Å². The highest BCUT2D eigenvalue weighted by atomic mass is 16.7. The molecule has 29 heteroatoms. The van der Waals surface area contributed by atoms with Gasteiger partial charge in [-0.2, -0.15) is 0 Å². The lowest BCUT2D eigenvalue weighted by Gasteiger charge is -2.33. The lowest BCUT2D eigenvalue weighted by atomic mass is 10.0. The van der Waals surface area contributed by atoms with E-state index in [1.54, 1.807) is 0 Å². The Kier molecular flexibility index (Phi) is 33.1. The molecule has 3 unspecified atom stereocenters. The highest BCUT2D eigenvalue weighted by Crippen LogP contribution is 2.24. The van der Waals surface area contributed by atoms with Gasteiger partial charge in [-0.1, -0.05) is 0 Å². The summed E-state index contributed by atoms with van der Waals surface area (Å²) in [5.74, 6) is -5.23. The van der Waals surface area contributed by atoms with Crippen LogP contribution in [0.1, 0.15) is 87.5 Å². The topological polar surface area (TPSA) is 379 Å². The smallest absolute Gasteiger partial charge is 0.407 e. The van der Waals surface area contributed by atoms with Crippen LogP contribution in [0.4, 0.5) is 9.59 Å². The summed E-state index contributed by atoms with van der Waals surface area (Å²) in [5, 5.41) is 22.6. The molecular weight excluding hydrogens is 995 g/mol. The number of esters is 6. The normalized spacial score (nSPS) is 18.1. The number of nitrogens with one attached hydrogen (secondary N) is 5. The summed E-state index contributed by atoms with van der Waals surface area (Å²) in [5.41, 5.74) is 0. The Balaban J connectivity index is 2.36. The molecule has 422 valence electrons. The lowest BCUT2D eigenvalue weighted by molar-refractivity contribution is -0.223. The van der Waals surface area contributed by atoms with Gasteiger partial charge in [-0.25, -0.2) is 9.59 Å². The largest absolute Gasteiger partial charge is 0.463 e. The number of ether oxygens (including phenoxy) is 12. The summed E-state index contributed by atoms with van der Waals surface area (Å²) in [7, 11) is 0. The van der Waals surface area contributed by atoms with E-state index in [4.69, 9.17) is 56.8 Å². The number of aliphatic hydroxyl groups is 1. The first-order chi connectivity index (χ1) is 34.9. The SMILES string of the molecule is CC(=O)NC[C@H](OCCCNC(=O)CCNC(=O)OCC(O)COC(=O)NCCC(=O)NCCCOC1CO[C@H](COC(C)=O)[C@H](OC(C)=O)C(OC(C)=O)C1)O[C@H](COC(C)=O)[C@H](OC(C)=O)[C@@H](C)OC(C)=O. The molecule has 0 aromatic heterocycles. The number of hydrogen-bond acceptors (Lipinski definition) is 24.